The lowest BCUT2D eigenvalue weighted by Crippen LogP contribution is -2.47. The normalized spacial score (nSPS) is 24.1. The minimum atomic E-state index is -0.512. The van der Waals surface area contributed by atoms with Gasteiger partial charge in [-0.2, -0.15) is 0 Å². The highest BCUT2D eigenvalue weighted by Crippen LogP contribution is 2.33. The van der Waals surface area contributed by atoms with Crippen LogP contribution in [0.3, 0.4) is 0 Å². The molecule has 4 aliphatic heterocycles. The fourth-order valence-corrected chi connectivity index (χ4v) is 4.71. The number of hydrogen-bond donors (Lipinski definition) is 1. The molecule has 3 saturated heterocycles. The first kappa shape index (κ1) is 19.7. The average molecular weight is 416 g/mol. The number of carbonyl (C=O) groups excluding carboxylic acids is 2. The molecule has 4 aliphatic rings. The highest BCUT2D eigenvalue weighted by Gasteiger charge is 2.41. The molecule has 0 bridgehead atoms. The first-order valence-electron chi connectivity index (χ1n) is 10.8. The van der Waals surface area contributed by atoms with Gasteiger partial charge in [-0.15, -0.1) is 0 Å². The minimum Gasteiger partial charge on any atom is -0.381 e. The highest BCUT2D eigenvalue weighted by atomic mass is 16.7. The predicted octanol–water partition coefficient (Wildman–Crippen LogP) is 1.25. The van der Waals surface area contributed by atoms with Gasteiger partial charge in [-0.25, -0.2) is 4.98 Å². The van der Waals surface area contributed by atoms with Crippen molar-refractivity contribution >= 4 is 23.3 Å². The molecule has 0 aromatic carbocycles. The summed E-state index contributed by atoms with van der Waals surface area (Å²) in [6.45, 7) is 4.73. The number of anilines is 2. The lowest BCUT2D eigenvalue weighted by Gasteiger charge is -2.38. The van der Waals surface area contributed by atoms with E-state index >= 15 is 0 Å². The summed E-state index contributed by atoms with van der Waals surface area (Å²) in [6.07, 6.45) is 4.83. The summed E-state index contributed by atoms with van der Waals surface area (Å²) < 4.78 is 16.9. The Bertz CT molecular complexity index is 810. The van der Waals surface area contributed by atoms with Crippen molar-refractivity contribution < 1.29 is 23.8 Å². The maximum absolute atomic E-state index is 13.1. The van der Waals surface area contributed by atoms with Crippen LogP contribution >= 0.6 is 0 Å². The second-order valence-corrected chi connectivity index (χ2v) is 8.41. The SMILES string of the molecule is O=C(c1cnc2c(c1)N(CC1CCOCC1)C(=O)CN2)N1CCC2(CC1)OCCO2. The number of fused-ring (bicyclic) bond motifs is 1. The van der Waals surface area contributed by atoms with Gasteiger partial charge in [0.2, 0.25) is 5.91 Å². The van der Waals surface area contributed by atoms with Crippen LogP contribution in [0.2, 0.25) is 0 Å². The highest BCUT2D eigenvalue weighted by molar-refractivity contribution is 6.04. The summed E-state index contributed by atoms with van der Waals surface area (Å²) in [4.78, 5) is 33.8. The fraction of sp³-hybridized carbons (Fsp3) is 0.667. The zero-order chi connectivity index (χ0) is 20.6. The summed E-state index contributed by atoms with van der Waals surface area (Å²) in [7, 11) is 0. The molecule has 1 aromatic rings. The van der Waals surface area contributed by atoms with E-state index in [1.807, 2.05) is 4.90 Å². The van der Waals surface area contributed by atoms with Crippen molar-refractivity contribution in [2.45, 2.75) is 31.5 Å². The summed E-state index contributed by atoms with van der Waals surface area (Å²) in [5.74, 6) is 0.487. The van der Waals surface area contributed by atoms with Gasteiger partial charge in [0.25, 0.3) is 5.91 Å². The van der Waals surface area contributed by atoms with Crippen molar-refractivity contribution in [1.82, 2.24) is 9.88 Å². The van der Waals surface area contributed by atoms with Gasteiger partial charge < -0.3 is 29.3 Å². The molecule has 30 heavy (non-hydrogen) atoms. The Labute approximate surface area is 175 Å². The van der Waals surface area contributed by atoms with Crippen LogP contribution in [0.4, 0.5) is 11.5 Å². The van der Waals surface area contributed by atoms with Crippen molar-refractivity contribution in [1.29, 1.82) is 0 Å². The zero-order valence-electron chi connectivity index (χ0n) is 17.1. The quantitative estimate of drug-likeness (QED) is 0.793. The number of carbonyl (C=O) groups is 2. The van der Waals surface area contributed by atoms with Crippen LogP contribution in [0.15, 0.2) is 12.3 Å². The molecule has 9 heteroatoms. The number of nitrogens with zero attached hydrogens (tertiary/aromatic N) is 3. The number of rotatable bonds is 3. The Morgan fingerprint density at radius 2 is 1.90 bits per heavy atom. The lowest BCUT2D eigenvalue weighted by molar-refractivity contribution is -0.181. The minimum absolute atomic E-state index is 0.0100. The van der Waals surface area contributed by atoms with Crippen LogP contribution in [-0.2, 0) is 19.0 Å². The van der Waals surface area contributed by atoms with Crippen molar-refractivity contribution in [2.24, 2.45) is 5.92 Å². The Morgan fingerprint density at radius 3 is 2.63 bits per heavy atom. The summed E-state index contributed by atoms with van der Waals surface area (Å²) in [5, 5.41) is 3.07. The Balaban J connectivity index is 1.32. The molecule has 1 spiro atoms. The van der Waals surface area contributed by atoms with E-state index in [2.05, 4.69) is 10.3 Å². The van der Waals surface area contributed by atoms with E-state index in [1.165, 1.54) is 0 Å². The summed E-state index contributed by atoms with van der Waals surface area (Å²) >= 11 is 0. The molecule has 1 N–H and O–H groups in total. The number of hydrogen-bond acceptors (Lipinski definition) is 7. The molecule has 0 unspecified atom stereocenters. The number of piperidine rings is 1. The average Bonchev–Trinajstić information content (AvgIpc) is 3.24. The molecule has 162 valence electrons. The largest absolute Gasteiger partial charge is 0.381 e. The number of likely N-dealkylation sites (tertiary alicyclic amines) is 1. The molecular formula is C21H28N4O5. The van der Waals surface area contributed by atoms with E-state index in [0.29, 0.717) is 68.7 Å². The van der Waals surface area contributed by atoms with E-state index in [0.717, 1.165) is 26.1 Å². The maximum Gasteiger partial charge on any atom is 0.255 e. The fourth-order valence-electron chi connectivity index (χ4n) is 4.71. The van der Waals surface area contributed by atoms with Crippen LogP contribution in [0, 0.1) is 5.92 Å². The van der Waals surface area contributed by atoms with Gasteiger partial charge in [0.1, 0.15) is 5.82 Å². The van der Waals surface area contributed by atoms with Crippen LogP contribution < -0.4 is 10.2 Å². The monoisotopic (exact) mass is 416 g/mol. The van der Waals surface area contributed by atoms with Crippen LogP contribution in [0.1, 0.15) is 36.0 Å². The molecule has 0 atom stereocenters. The second-order valence-electron chi connectivity index (χ2n) is 8.41. The summed E-state index contributed by atoms with van der Waals surface area (Å²) in [6, 6.07) is 1.81. The third-order valence-electron chi connectivity index (χ3n) is 6.52. The molecule has 0 saturated carbocycles. The van der Waals surface area contributed by atoms with E-state index in [1.54, 1.807) is 17.2 Å². The molecule has 5 heterocycles. The topological polar surface area (TPSA) is 93.2 Å². The van der Waals surface area contributed by atoms with E-state index in [9.17, 15) is 9.59 Å². The Kier molecular flexibility index (Phi) is 5.34. The Morgan fingerprint density at radius 1 is 1.17 bits per heavy atom. The smallest absolute Gasteiger partial charge is 0.255 e. The van der Waals surface area contributed by atoms with Gasteiger partial charge in [-0.1, -0.05) is 0 Å². The first-order valence-corrected chi connectivity index (χ1v) is 10.8. The number of ether oxygens (including phenoxy) is 3. The van der Waals surface area contributed by atoms with Gasteiger partial charge in [0.15, 0.2) is 5.79 Å². The molecule has 5 rings (SSSR count). The second kappa shape index (κ2) is 8.13. The Hall–Kier alpha value is -2.23. The van der Waals surface area contributed by atoms with Gasteiger partial charge in [-0.3, -0.25) is 9.59 Å². The van der Waals surface area contributed by atoms with Crippen molar-refractivity contribution in [3.8, 4) is 0 Å². The molecule has 3 fully saturated rings. The molecular weight excluding hydrogens is 388 g/mol. The zero-order valence-corrected chi connectivity index (χ0v) is 17.1. The molecule has 0 radical (unpaired) electrons. The van der Waals surface area contributed by atoms with Crippen LogP contribution in [0.5, 0.6) is 0 Å². The number of nitrogens with one attached hydrogen (secondary N) is 1. The number of aromatic nitrogens is 1. The number of amides is 2. The summed E-state index contributed by atoms with van der Waals surface area (Å²) in [5.41, 5.74) is 1.20. The van der Waals surface area contributed by atoms with Crippen LogP contribution in [0.25, 0.3) is 0 Å². The van der Waals surface area contributed by atoms with Crippen molar-refractivity contribution in [3.05, 3.63) is 17.8 Å². The molecule has 1 aromatic heterocycles. The third-order valence-corrected chi connectivity index (χ3v) is 6.52. The van der Waals surface area contributed by atoms with E-state index in [-0.39, 0.29) is 18.4 Å². The predicted molar refractivity (Wildman–Crippen MR) is 108 cm³/mol. The van der Waals surface area contributed by atoms with E-state index < -0.39 is 5.79 Å². The van der Waals surface area contributed by atoms with Gasteiger partial charge in [0, 0.05) is 51.9 Å². The van der Waals surface area contributed by atoms with Gasteiger partial charge >= 0.3 is 0 Å². The standard InChI is InChI=1S/C21H28N4O5/c26-18-13-23-19-17(25(18)14-15-1-7-28-8-2-15)11-16(12-22-19)20(27)24-5-3-21(4-6-24)29-9-10-30-21/h11-12,15H,1-10,13-14H2,(H,22,23). The van der Waals surface area contributed by atoms with Crippen LogP contribution in [-0.4, -0.2) is 80.1 Å². The molecule has 9 nitrogen and oxygen atoms in total. The van der Waals surface area contributed by atoms with Crippen molar-refractivity contribution in [2.75, 3.05) is 62.8 Å². The van der Waals surface area contributed by atoms with Gasteiger partial charge in [0.05, 0.1) is 31.0 Å². The number of pyridine rings is 1. The lowest BCUT2D eigenvalue weighted by atomic mass is 9.99. The molecule has 2 amide bonds. The first-order chi connectivity index (χ1) is 14.6. The van der Waals surface area contributed by atoms with Gasteiger partial charge in [-0.05, 0) is 24.8 Å². The maximum atomic E-state index is 13.1. The molecule has 0 aliphatic carbocycles. The third kappa shape index (κ3) is 3.77. The van der Waals surface area contributed by atoms with E-state index in [4.69, 9.17) is 14.2 Å². The van der Waals surface area contributed by atoms with Crippen molar-refractivity contribution in [3.63, 3.8) is 0 Å².